The van der Waals surface area contributed by atoms with Crippen LogP contribution in [0.4, 0.5) is 4.39 Å². The van der Waals surface area contributed by atoms with E-state index in [1.54, 1.807) is 12.1 Å². The molecule has 0 bridgehead atoms. The van der Waals surface area contributed by atoms with Crippen molar-refractivity contribution in [1.29, 1.82) is 0 Å². The zero-order valence-electron chi connectivity index (χ0n) is 13.1. The number of rotatable bonds is 6. The number of nitrogens with one attached hydrogen (secondary N) is 1. The van der Waals surface area contributed by atoms with Gasteiger partial charge >= 0.3 is 0 Å². The van der Waals surface area contributed by atoms with E-state index < -0.39 is 0 Å². The fourth-order valence-electron chi connectivity index (χ4n) is 2.74. The zero-order valence-corrected chi connectivity index (χ0v) is 13.1. The predicted octanol–water partition coefficient (Wildman–Crippen LogP) is 4.73. The highest BCUT2D eigenvalue weighted by atomic mass is 19.1. The van der Waals surface area contributed by atoms with Crippen molar-refractivity contribution in [3.05, 3.63) is 70.5 Å². The Morgan fingerprint density at radius 3 is 2.38 bits per heavy atom. The van der Waals surface area contributed by atoms with Gasteiger partial charge in [-0.3, -0.25) is 0 Å². The quantitative estimate of drug-likeness (QED) is 0.809. The highest BCUT2D eigenvalue weighted by Gasteiger charge is 2.12. The van der Waals surface area contributed by atoms with Crippen molar-refractivity contribution in [3.63, 3.8) is 0 Å². The molecule has 0 heterocycles. The average Bonchev–Trinajstić information content (AvgIpc) is 2.42. The van der Waals surface area contributed by atoms with Crippen LogP contribution in [0.1, 0.15) is 41.6 Å². The molecule has 1 unspecified atom stereocenters. The summed E-state index contributed by atoms with van der Waals surface area (Å²) in [4.78, 5) is 0. The van der Waals surface area contributed by atoms with Crippen molar-refractivity contribution >= 4 is 0 Å². The highest BCUT2D eigenvalue weighted by molar-refractivity contribution is 5.32. The van der Waals surface area contributed by atoms with Crippen LogP contribution >= 0.6 is 0 Å². The Bertz CT molecular complexity index is 572. The molecule has 2 aromatic rings. The minimum absolute atomic E-state index is 0.165. The minimum Gasteiger partial charge on any atom is -0.310 e. The molecule has 1 N–H and O–H groups in total. The summed E-state index contributed by atoms with van der Waals surface area (Å²) >= 11 is 0. The number of hydrogen-bond donors (Lipinski definition) is 1. The molecule has 2 aromatic carbocycles. The molecule has 1 nitrogen and oxygen atoms in total. The summed E-state index contributed by atoms with van der Waals surface area (Å²) in [5.41, 5.74) is 4.85. The van der Waals surface area contributed by atoms with Crippen molar-refractivity contribution in [3.8, 4) is 0 Å². The Morgan fingerprint density at radius 1 is 1.05 bits per heavy atom. The second-order valence-electron chi connectivity index (χ2n) is 5.76. The maximum atomic E-state index is 13.4. The molecule has 0 aromatic heterocycles. The van der Waals surface area contributed by atoms with Gasteiger partial charge in [-0.15, -0.1) is 0 Å². The molecule has 21 heavy (non-hydrogen) atoms. The molecule has 0 saturated carbocycles. The maximum Gasteiger partial charge on any atom is 0.123 e. The first kappa shape index (κ1) is 15.7. The van der Waals surface area contributed by atoms with Crippen molar-refractivity contribution in [2.75, 3.05) is 6.54 Å². The van der Waals surface area contributed by atoms with E-state index in [1.165, 1.54) is 22.8 Å². The SMILES string of the molecule is CCCNC(Cc1cccc(F)c1)c1cc(C)cc(C)c1. The van der Waals surface area contributed by atoms with Crippen LogP contribution in [0.3, 0.4) is 0 Å². The topological polar surface area (TPSA) is 12.0 Å². The van der Waals surface area contributed by atoms with Gasteiger partial charge in [-0.2, -0.15) is 0 Å². The largest absolute Gasteiger partial charge is 0.310 e. The van der Waals surface area contributed by atoms with E-state index in [1.807, 2.05) is 6.07 Å². The third-order valence-electron chi connectivity index (χ3n) is 3.62. The Morgan fingerprint density at radius 2 is 1.76 bits per heavy atom. The van der Waals surface area contributed by atoms with Crippen LogP contribution in [0.5, 0.6) is 0 Å². The van der Waals surface area contributed by atoms with Crippen LogP contribution in [0.2, 0.25) is 0 Å². The summed E-state index contributed by atoms with van der Waals surface area (Å²) in [7, 11) is 0. The van der Waals surface area contributed by atoms with Crippen LogP contribution in [-0.4, -0.2) is 6.54 Å². The fourth-order valence-corrected chi connectivity index (χ4v) is 2.74. The summed E-state index contributed by atoms with van der Waals surface area (Å²) in [6, 6.07) is 13.8. The number of halogens is 1. The predicted molar refractivity (Wildman–Crippen MR) is 87.1 cm³/mol. The van der Waals surface area contributed by atoms with Gasteiger partial charge < -0.3 is 5.32 Å². The molecule has 0 fully saturated rings. The van der Waals surface area contributed by atoms with Gasteiger partial charge in [0.05, 0.1) is 0 Å². The van der Waals surface area contributed by atoms with Gasteiger partial charge in [0.1, 0.15) is 5.82 Å². The second-order valence-corrected chi connectivity index (χ2v) is 5.76. The van der Waals surface area contributed by atoms with Crippen molar-refractivity contribution in [1.82, 2.24) is 5.32 Å². The van der Waals surface area contributed by atoms with E-state index in [4.69, 9.17) is 0 Å². The van der Waals surface area contributed by atoms with E-state index in [9.17, 15) is 4.39 Å². The van der Waals surface area contributed by atoms with Crippen LogP contribution in [0.25, 0.3) is 0 Å². The molecule has 2 rings (SSSR count). The Labute approximate surface area is 127 Å². The van der Waals surface area contributed by atoms with Gasteiger partial charge in [0, 0.05) is 6.04 Å². The Kier molecular flexibility index (Phi) is 5.51. The standard InChI is InChI=1S/C19H24FN/c1-4-8-21-19(13-16-6-5-7-18(20)12-16)17-10-14(2)9-15(3)11-17/h5-7,9-12,19,21H,4,8,13H2,1-3H3. The second kappa shape index (κ2) is 7.37. The Balaban J connectivity index is 2.25. The van der Waals surface area contributed by atoms with E-state index in [-0.39, 0.29) is 11.9 Å². The van der Waals surface area contributed by atoms with E-state index in [0.717, 1.165) is 24.9 Å². The number of hydrogen-bond acceptors (Lipinski definition) is 1. The Hall–Kier alpha value is -1.67. The molecule has 0 aliphatic carbocycles. The lowest BCUT2D eigenvalue weighted by Gasteiger charge is -2.20. The van der Waals surface area contributed by atoms with E-state index >= 15 is 0 Å². The number of aryl methyl sites for hydroxylation is 2. The van der Waals surface area contributed by atoms with Gasteiger partial charge in [0.25, 0.3) is 0 Å². The summed E-state index contributed by atoms with van der Waals surface area (Å²) in [5.74, 6) is -0.165. The summed E-state index contributed by atoms with van der Waals surface area (Å²) in [5, 5.41) is 3.59. The van der Waals surface area contributed by atoms with Gasteiger partial charge in [0.2, 0.25) is 0 Å². The monoisotopic (exact) mass is 285 g/mol. The first-order valence-corrected chi connectivity index (χ1v) is 7.64. The van der Waals surface area contributed by atoms with Gasteiger partial charge in [-0.05, 0) is 56.5 Å². The first-order chi connectivity index (χ1) is 10.1. The van der Waals surface area contributed by atoms with Gasteiger partial charge in [-0.25, -0.2) is 4.39 Å². The molecule has 2 heteroatoms. The molecular formula is C19H24FN. The summed E-state index contributed by atoms with van der Waals surface area (Å²) in [6.07, 6.45) is 1.89. The van der Waals surface area contributed by atoms with Crippen LogP contribution < -0.4 is 5.32 Å². The smallest absolute Gasteiger partial charge is 0.123 e. The molecule has 1 atom stereocenters. The lowest BCUT2D eigenvalue weighted by Crippen LogP contribution is -2.24. The van der Waals surface area contributed by atoms with Crippen molar-refractivity contribution in [2.45, 2.75) is 39.7 Å². The first-order valence-electron chi connectivity index (χ1n) is 7.64. The average molecular weight is 285 g/mol. The van der Waals surface area contributed by atoms with E-state index in [0.29, 0.717) is 0 Å². The molecule has 0 saturated heterocycles. The molecular weight excluding hydrogens is 261 g/mol. The highest BCUT2D eigenvalue weighted by Crippen LogP contribution is 2.21. The molecule has 0 amide bonds. The molecule has 0 spiro atoms. The lowest BCUT2D eigenvalue weighted by atomic mass is 9.95. The van der Waals surface area contributed by atoms with Crippen molar-refractivity contribution < 1.29 is 4.39 Å². The van der Waals surface area contributed by atoms with Crippen molar-refractivity contribution in [2.24, 2.45) is 0 Å². The lowest BCUT2D eigenvalue weighted by molar-refractivity contribution is 0.526. The molecule has 0 radical (unpaired) electrons. The normalized spacial score (nSPS) is 12.4. The van der Waals surface area contributed by atoms with Crippen LogP contribution in [0.15, 0.2) is 42.5 Å². The molecule has 0 aliphatic heterocycles. The van der Waals surface area contributed by atoms with E-state index in [2.05, 4.69) is 44.3 Å². The summed E-state index contributed by atoms with van der Waals surface area (Å²) < 4.78 is 13.4. The third kappa shape index (κ3) is 4.68. The minimum atomic E-state index is -0.165. The third-order valence-corrected chi connectivity index (χ3v) is 3.62. The van der Waals surface area contributed by atoms with Crippen LogP contribution in [0, 0.1) is 19.7 Å². The summed E-state index contributed by atoms with van der Waals surface area (Å²) in [6.45, 7) is 7.37. The van der Waals surface area contributed by atoms with Gasteiger partial charge in [-0.1, -0.05) is 48.4 Å². The molecule has 112 valence electrons. The number of benzene rings is 2. The zero-order chi connectivity index (χ0) is 15.2. The van der Waals surface area contributed by atoms with Gasteiger partial charge in [0.15, 0.2) is 0 Å². The van der Waals surface area contributed by atoms with Crippen LogP contribution in [-0.2, 0) is 6.42 Å². The maximum absolute atomic E-state index is 13.4. The molecule has 0 aliphatic rings. The fraction of sp³-hybridized carbons (Fsp3) is 0.368.